The van der Waals surface area contributed by atoms with Gasteiger partial charge in [-0.25, -0.2) is 4.79 Å². The number of fused-ring (bicyclic) bond motifs is 1. The van der Waals surface area contributed by atoms with Gasteiger partial charge in [-0.05, 0) is 54.8 Å². The third-order valence-corrected chi connectivity index (χ3v) is 7.37. The van der Waals surface area contributed by atoms with Crippen molar-refractivity contribution in [3.05, 3.63) is 66.1 Å². The van der Waals surface area contributed by atoms with Gasteiger partial charge in [-0.3, -0.25) is 19.6 Å². The molecule has 2 aliphatic heterocycles. The number of imide groups is 1. The molecule has 2 aromatic heterocycles. The predicted octanol–water partition coefficient (Wildman–Crippen LogP) is 3.44. The van der Waals surface area contributed by atoms with E-state index in [9.17, 15) is 9.59 Å². The van der Waals surface area contributed by atoms with Crippen molar-refractivity contribution in [3.63, 3.8) is 0 Å². The van der Waals surface area contributed by atoms with Crippen molar-refractivity contribution < 1.29 is 14.3 Å². The fraction of sp³-hybridized carbons (Fsp3) is 0.444. The van der Waals surface area contributed by atoms with E-state index in [2.05, 4.69) is 33.1 Å². The van der Waals surface area contributed by atoms with Gasteiger partial charge in [0.1, 0.15) is 5.54 Å². The summed E-state index contributed by atoms with van der Waals surface area (Å²) in [6.07, 6.45) is 6.38. The van der Waals surface area contributed by atoms with Gasteiger partial charge in [0.15, 0.2) is 0 Å². The largest absolute Gasteiger partial charge is 0.383 e. The second-order valence-corrected chi connectivity index (χ2v) is 9.54. The van der Waals surface area contributed by atoms with Crippen LogP contribution in [0.4, 0.5) is 4.79 Å². The molecule has 2 aliphatic rings. The highest BCUT2D eigenvalue weighted by molar-refractivity contribution is 6.07. The lowest BCUT2D eigenvalue weighted by molar-refractivity contribution is -0.136. The van der Waals surface area contributed by atoms with E-state index in [1.165, 1.54) is 16.0 Å². The summed E-state index contributed by atoms with van der Waals surface area (Å²) >= 11 is 0. The summed E-state index contributed by atoms with van der Waals surface area (Å²) in [6, 6.07) is 14.2. The number of likely N-dealkylation sites (tertiary alicyclic amines) is 1. The molecule has 0 radical (unpaired) electrons. The van der Waals surface area contributed by atoms with Crippen molar-refractivity contribution in [2.45, 2.75) is 37.8 Å². The molecule has 0 saturated carbocycles. The van der Waals surface area contributed by atoms with Gasteiger partial charge in [0.05, 0.1) is 6.61 Å². The Kier molecular flexibility index (Phi) is 6.83. The maximum atomic E-state index is 13.7. The molecule has 1 aromatic carbocycles. The number of piperidine rings is 1. The van der Waals surface area contributed by atoms with E-state index in [0.29, 0.717) is 32.5 Å². The van der Waals surface area contributed by atoms with Crippen LogP contribution < -0.4 is 0 Å². The first-order chi connectivity index (χ1) is 17.1. The predicted molar refractivity (Wildman–Crippen MR) is 134 cm³/mol. The van der Waals surface area contributed by atoms with Gasteiger partial charge in [0, 0.05) is 63.4 Å². The highest BCUT2D eigenvalue weighted by Gasteiger charge is 2.57. The molecular weight excluding hydrogens is 442 g/mol. The van der Waals surface area contributed by atoms with Crippen LogP contribution in [0.5, 0.6) is 0 Å². The quantitative estimate of drug-likeness (QED) is 0.480. The summed E-state index contributed by atoms with van der Waals surface area (Å²) in [5, 5.41) is 1.21. The van der Waals surface area contributed by atoms with Crippen molar-refractivity contribution >= 4 is 22.8 Å². The molecule has 35 heavy (non-hydrogen) atoms. The molecule has 0 aliphatic carbocycles. The SMILES string of the molecule is COCCN1C(=O)N(CCCc2cccnc2)C(=O)C12CCN(Cc1cc3ccccc3[nH]1)CC2. The number of methoxy groups -OCH3 is 1. The molecule has 2 saturated heterocycles. The smallest absolute Gasteiger partial charge is 0.327 e. The van der Waals surface area contributed by atoms with Crippen LogP contribution >= 0.6 is 0 Å². The molecule has 1 N–H and O–H groups in total. The van der Waals surface area contributed by atoms with Crippen LogP contribution in [-0.2, 0) is 22.5 Å². The van der Waals surface area contributed by atoms with Gasteiger partial charge >= 0.3 is 6.03 Å². The molecule has 2 fully saturated rings. The second-order valence-electron chi connectivity index (χ2n) is 9.54. The molecule has 184 valence electrons. The summed E-state index contributed by atoms with van der Waals surface area (Å²) in [5.41, 5.74) is 2.66. The van der Waals surface area contributed by atoms with Gasteiger partial charge in [-0.2, -0.15) is 0 Å². The summed E-state index contributed by atoms with van der Waals surface area (Å²) in [5.74, 6) is -0.0462. The normalized spacial score (nSPS) is 18.3. The van der Waals surface area contributed by atoms with E-state index < -0.39 is 5.54 Å². The fourth-order valence-corrected chi connectivity index (χ4v) is 5.48. The van der Waals surface area contributed by atoms with E-state index in [0.717, 1.165) is 43.6 Å². The maximum Gasteiger partial charge on any atom is 0.327 e. The first-order valence-electron chi connectivity index (χ1n) is 12.4. The summed E-state index contributed by atoms with van der Waals surface area (Å²) in [7, 11) is 1.63. The number of aromatic amines is 1. The van der Waals surface area contributed by atoms with E-state index in [-0.39, 0.29) is 11.9 Å². The second kappa shape index (κ2) is 10.2. The van der Waals surface area contributed by atoms with Crippen LogP contribution in [0.2, 0.25) is 0 Å². The number of hydrogen-bond acceptors (Lipinski definition) is 5. The Morgan fingerprint density at radius 3 is 2.66 bits per heavy atom. The Balaban J connectivity index is 1.25. The minimum absolute atomic E-state index is 0.0462. The number of ether oxygens (including phenoxy) is 1. The number of nitrogens with one attached hydrogen (secondary N) is 1. The number of pyridine rings is 1. The first kappa shape index (κ1) is 23.5. The van der Waals surface area contributed by atoms with Crippen LogP contribution in [0.3, 0.4) is 0 Å². The topological polar surface area (TPSA) is 81.8 Å². The average molecular weight is 476 g/mol. The van der Waals surface area contributed by atoms with E-state index >= 15 is 0 Å². The number of amides is 3. The number of hydrogen-bond donors (Lipinski definition) is 1. The number of carbonyl (C=O) groups excluding carboxylic acids is 2. The van der Waals surface area contributed by atoms with Crippen molar-refractivity contribution in [3.8, 4) is 0 Å². The highest BCUT2D eigenvalue weighted by Crippen LogP contribution is 2.37. The summed E-state index contributed by atoms with van der Waals surface area (Å²) in [4.78, 5) is 40.3. The summed E-state index contributed by atoms with van der Waals surface area (Å²) in [6.45, 7) is 3.62. The number of carbonyl (C=O) groups is 2. The van der Waals surface area contributed by atoms with E-state index in [1.54, 1.807) is 18.2 Å². The number of benzene rings is 1. The third kappa shape index (κ3) is 4.68. The lowest BCUT2D eigenvalue weighted by atomic mass is 9.85. The Labute approximate surface area is 205 Å². The zero-order valence-electron chi connectivity index (χ0n) is 20.3. The van der Waals surface area contributed by atoms with E-state index in [1.807, 2.05) is 30.5 Å². The molecule has 8 heteroatoms. The Hall–Kier alpha value is -3.23. The van der Waals surface area contributed by atoms with E-state index in [4.69, 9.17) is 4.74 Å². The number of aryl methyl sites for hydroxylation is 1. The number of para-hydroxylation sites is 1. The molecule has 0 bridgehead atoms. The fourth-order valence-electron chi connectivity index (χ4n) is 5.48. The number of aromatic nitrogens is 2. The van der Waals surface area contributed by atoms with Gasteiger partial charge in [0.25, 0.3) is 5.91 Å². The number of rotatable bonds is 9. The molecule has 0 unspecified atom stereocenters. The van der Waals surface area contributed by atoms with Crippen molar-refractivity contribution in [1.82, 2.24) is 24.7 Å². The maximum absolute atomic E-state index is 13.7. The van der Waals surface area contributed by atoms with Crippen LogP contribution in [0.1, 0.15) is 30.5 Å². The van der Waals surface area contributed by atoms with Crippen molar-refractivity contribution in [2.24, 2.45) is 0 Å². The van der Waals surface area contributed by atoms with Crippen LogP contribution in [-0.4, -0.2) is 82.0 Å². The number of nitrogens with zero attached hydrogens (tertiary/aromatic N) is 4. The molecule has 8 nitrogen and oxygen atoms in total. The first-order valence-corrected chi connectivity index (χ1v) is 12.4. The zero-order valence-corrected chi connectivity index (χ0v) is 20.3. The Morgan fingerprint density at radius 2 is 1.91 bits per heavy atom. The molecule has 5 rings (SSSR count). The highest BCUT2D eigenvalue weighted by atomic mass is 16.5. The average Bonchev–Trinajstić information content (AvgIpc) is 3.37. The number of urea groups is 1. The molecule has 3 amide bonds. The van der Waals surface area contributed by atoms with Gasteiger partial charge in [-0.1, -0.05) is 24.3 Å². The minimum Gasteiger partial charge on any atom is -0.383 e. The third-order valence-electron chi connectivity index (χ3n) is 7.37. The zero-order chi connectivity index (χ0) is 24.3. The standard InChI is InChI=1S/C27H33N5O3/c1-35-17-16-32-26(34)31(13-5-7-21-6-4-12-28-19-21)25(33)27(32)10-14-30(15-11-27)20-23-18-22-8-2-3-9-24(22)29-23/h2-4,6,8-9,12,18-19,29H,5,7,10-11,13-17,20H2,1H3. The van der Waals surface area contributed by atoms with Gasteiger partial charge in [0.2, 0.25) is 0 Å². The van der Waals surface area contributed by atoms with Gasteiger partial charge < -0.3 is 14.6 Å². The summed E-state index contributed by atoms with van der Waals surface area (Å²) < 4.78 is 5.28. The van der Waals surface area contributed by atoms with Crippen LogP contribution in [0.15, 0.2) is 54.9 Å². The molecule has 4 heterocycles. The lowest BCUT2D eigenvalue weighted by Crippen LogP contribution is -2.57. The molecule has 3 aromatic rings. The van der Waals surface area contributed by atoms with Crippen molar-refractivity contribution in [1.29, 1.82) is 0 Å². The molecule has 1 spiro atoms. The minimum atomic E-state index is -0.763. The monoisotopic (exact) mass is 475 g/mol. The lowest BCUT2D eigenvalue weighted by Gasteiger charge is -2.42. The number of H-pyrrole nitrogens is 1. The Bertz CT molecular complexity index is 1140. The van der Waals surface area contributed by atoms with Gasteiger partial charge in [-0.15, -0.1) is 0 Å². The van der Waals surface area contributed by atoms with Crippen LogP contribution in [0, 0.1) is 0 Å². The molecule has 0 atom stereocenters. The molecular formula is C27H33N5O3. The Morgan fingerprint density at radius 1 is 1.09 bits per heavy atom. The van der Waals surface area contributed by atoms with Crippen LogP contribution in [0.25, 0.3) is 10.9 Å². The van der Waals surface area contributed by atoms with Crippen molar-refractivity contribution in [2.75, 3.05) is 39.9 Å².